The van der Waals surface area contributed by atoms with Gasteiger partial charge in [0.05, 0.1) is 11.5 Å². The van der Waals surface area contributed by atoms with E-state index < -0.39 is 15.8 Å². The van der Waals surface area contributed by atoms with Crippen LogP contribution in [0.1, 0.15) is 19.3 Å². The summed E-state index contributed by atoms with van der Waals surface area (Å²) in [5, 5.41) is 8.99. The lowest BCUT2D eigenvalue weighted by Gasteiger charge is -2.36. The fourth-order valence-corrected chi connectivity index (χ4v) is 3.74. The minimum atomic E-state index is -3.71. The molecule has 1 fully saturated rings. The molecule has 0 amide bonds. The molecule has 6 heteroatoms. The molecule has 0 atom stereocenters. The van der Waals surface area contributed by atoms with Gasteiger partial charge in [-0.3, -0.25) is 0 Å². The number of aliphatic hydroxyl groups excluding tert-OH is 1. The number of benzene rings is 1. The van der Waals surface area contributed by atoms with E-state index in [0.717, 1.165) is 25.3 Å². The first-order valence-corrected chi connectivity index (χ1v) is 7.38. The molecule has 1 saturated carbocycles. The summed E-state index contributed by atoms with van der Waals surface area (Å²) in [5.41, 5.74) is 0. The van der Waals surface area contributed by atoms with E-state index in [2.05, 4.69) is 0 Å². The second kappa shape index (κ2) is 5.34. The molecule has 100 valence electrons. The minimum absolute atomic E-state index is 0.0529. The highest BCUT2D eigenvalue weighted by Gasteiger charge is 2.34. The van der Waals surface area contributed by atoms with Crippen molar-refractivity contribution in [3.8, 4) is 0 Å². The number of hydrogen-bond donors (Lipinski definition) is 1. The van der Waals surface area contributed by atoms with Crippen molar-refractivity contribution in [2.45, 2.75) is 30.2 Å². The molecule has 0 unspecified atom stereocenters. The Morgan fingerprint density at radius 1 is 1.39 bits per heavy atom. The van der Waals surface area contributed by atoms with E-state index in [1.165, 1.54) is 22.5 Å². The molecular formula is C12H16FNO3S. The van der Waals surface area contributed by atoms with Crippen LogP contribution in [0.25, 0.3) is 0 Å². The Hall–Kier alpha value is -0.980. The fourth-order valence-electron chi connectivity index (χ4n) is 2.04. The molecule has 1 aromatic rings. The molecule has 1 aliphatic carbocycles. The van der Waals surface area contributed by atoms with Crippen molar-refractivity contribution in [2.24, 2.45) is 0 Å². The summed E-state index contributed by atoms with van der Waals surface area (Å²) in [7, 11) is -3.71. The molecule has 1 aromatic carbocycles. The second-order valence-electron chi connectivity index (χ2n) is 4.38. The van der Waals surface area contributed by atoms with Crippen LogP contribution in [-0.4, -0.2) is 37.0 Å². The summed E-state index contributed by atoms with van der Waals surface area (Å²) in [4.78, 5) is -0.0529. The average molecular weight is 273 g/mol. The summed E-state index contributed by atoms with van der Waals surface area (Å²) in [6.45, 7) is -0.172. The van der Waals surface area contributed by atoms with E-state index in [1.807, 2.05) is 0 Å². The predicted molar refractivity (Wildman–Crippen MR) is 65.0 cm³/mol. The summed E-state index contributed by atoms with van der Waals surface area (Å²) >= 11 is 0. The molecule has 1 aliphatic rings. The Balaban J connectivity index is 2.32. The molecule has 0 saturated heterocycles. The normalized spacial score (nSPS) is 16.8. The van der Waals surface area contributed by atoms with Crippen LogP contribution in [0.3, 0.4) is 0 Å². The van der Waals surface area contributed by atoms with Crippen LogP contribution in [0.15, 0.2) is 29.2 Å². The Morgan fingerprint density at radius 3 is 2.61 bits per heavy atom. The standard InChI is InChI=1S/C12H16FNO3S/c13-10-3-1-6-12(9-10)18(16,17)14(7-8-15)11-4-2-5-11/h1,3,6,9,11,15H,2,4-5,7-8H2. The van der Waals surface area contributed by atoms with E-state index in [9.17, 15) is 12.8 Å². The van der Waals surface area contributed by atoms with Gasteiger partial charge in [0, 0.05) is 12.6 Å². The van der Waals surface area contributed by atoms with Gasteiger partial charge in [0.1, 0.15) is 5.82 Å². The minimum Gasteiger partial charge on any atom is -0.395 e. The zero-order valence-corrected chi connectivity index (χ0v) is 10.7. The maximum Gasteiger partial charge on any atom is 0.243 e. The topological polar surface area (TPSA) is 57.6 Å². The van der Waals surface area contributed by atoms with Crippen molar-refractivity contribution < 1.29 is 17.9 Å². The molecule has 0 bridgehead atoms. The third-order valence-electron chi connectivity index (χ3n) is 3.21. The van der Waals surface area contributed by atoms with E-state index in [0.29, 0.717) is 0 Å². The SMILES string of the molecule is O=S(=O)(c1cccc(F)c1)N(CCO)C1CCC1. The number of sulfonamides is 1. The largest absolute Gasteiger partial charge is 0.395 e. The number of aliphatic hydroxyl groups is 1. The van der Waals surface area contributed by atoms with Gasteiger partial charge in [0.25, 0.3) is 0 Å². The van der Waals surface area contributed by atoms with Gasteiger partial charge in [-0.15, -0.1) is 0 Å². The molecule has 0 radical (unpaired) electrons. The number of nitrogens with zero attached hydrogens (tertiary/aromatic N) is 1. The van der Waals surface area contributed by atoms with Crippen molar-refractivity contribution >= 4 is 10.0 Å². The Labute approximate surface area is 106 Å². The van der Waals surface area contributed by atoms with E-state index in [-0.39, 0.29) is 24.1 Å². The molecule has 18 heavy (non-hydrogen) atoms. The predicted octanol–water partition coefficient (Wildman–Crippen LogP) is 1.36. The van der Waals surface area contributed by atoms with Gasteiger partial charge in [-0.1, -0.05) is 12.5 Å². The van der Waals surface area contributed by atoms with E-state index >= 15 is 0 Å². The van der Waals surface area contributed by atoms with E-state index in [1.54, 1.807) is 0 Å². The van der Waals surface area contributed by atoms with Crippen LogP contribution in [-0.2, 0) is 10.0 Å². The Kier molecular flexibility index (Phi) is 3.99. The first-order valence-electron chi connectivity index (χ1n) is 5.94. The lowest BCUT2D eigenvalue weighted by Crippen LogP contribution is -2.45. The smallest absolute Gasteiger partial charge is 0.243 e. The molecule has 0 aliphatic heterocycles. The van der Waals surface area contributed by atoms with Crippen molar-refractivity contribution in [1.82, 2.24) is 4.31 Å². The van der Waals surface area contributed by atoms with Crippen LogP contribution in [0.2, 0.25) is 0 Å². The van der Waals surface area contributed by atoms with Crippen molar-refractivity contribution in [3.63, 3.8) is 0 Å². The maximum atomic E-state index is 13.1. The summed E-state index contributed by atoms with van der Waals surface area (Å²) in [6.07, 6.45) is 2.59. The lowest BCUT2D eigenvalue weighted by atomic mass is 9.93. The molecule has 0 spiro atoms. The third kappa shape index (κ3) is 2.55. The highest BCUT2D eigenvalue weighted by molar-refractivity contribution is 7.89. The van der Waals surface area contributed by atoms with Gasteiger partial charge in [0.15, 0.2) is 0 Å². The monoisotopic (exact) mass is 273 g/mol. The quantitative estimate of drug-likeness (QED) is 0.881. The highest BCUT2D eigenvalue weighted by Crippen LogP contribution is 2.29. The van der Waals surface area contributed by atoms with Crippen LogP contribution >= 0.6 is 0 Å². The highest BCUT2D eigenvalue weighted by atomic mass is 32.2. The lowest BCUT2D eigenvalue weighted by molar-refractivity contribution is 0.178. The second-order valence-corrected chi connectivity index (χ2v) is 6.27. The zero-order chi connectivity index (χ0) is 13.2. The van der Waals surface area contributed by atoms with Crippen molar-refractivity contribution in [2.75, 3.05) is 13.2 Å². The number of halogens is 1. The average Bonchev–Trinajstić information content (AvgIpc) is 2.26. The van der Waals surface area contributed by atoms with Crippen LogP contribution in [0, 0.1) is 5.82 Å². The van der Waals surface area contributed by atoms with Gasteiger partial charge in [0.2, 0.25) is 10.0 Å². The number of hydrogen-bond acceptors (Lipinski definition) is 3. The molecule has 2 rings (SSSR count). The van der Waals surface area contributed by atoms with Crippen molar-refractivity contribution in [3.05, 3.63) is 30.1 Å². The molecule has 0 heterocycles. The van der Waals surface area contributed by atoms with Gasteiger partial charge >= 0.3 is 0 Å². The first-order chi connectivity index (χ1) is 8.55. The molecule has 0 aromatic heterocycles. The Bertz CT molecular complexity index is 514. The summed E-state index contributed by atoms with van der Waals surface area (Å²) < 4.78 is 39.1. The zero-order valence-electron chi connectivity index (χ0n) is 9.92. The van der Waals surface area contributed by atoms with E-state index in [4.69, 9.17) is 5.11 Å². The third-order valence-corrected chi connectivity index (χ3v) is 5.15. The summed E-state index contributed by atoms with van der Waals surface area (Å²) in [5.74, 6) is -0.575. The van der Waals surface area contributed by atoms with Crippen LogP contribution < -0.4 is 0 Å². The molecular weight excluding hydrogens is 257 g/mol. The van der Waals surface area contributed by atoms with Gasteiger partial charge in [-0.2, -0.15) is 4.31 Å². The van der Waals surface area contributed by atoms with Gasteiger partial charge in [-0.25, -0.2) is 12.8 Å². The van der Waals surface area contributed by atoms with Crippen molar-refractivity contribution in [1.29, 1.82) is 0 Å². The maximum absolute atomic E-state index is 13.1. The first kappa shape index (κ1) is 13.5. The fraction of sp³-hybridized carbons (Fsp3) is 0.500. The Morgan fingerprint density at radius 2 is 2.11 bits per heavy atom. The molecule has 1 N–H and O–H groups in total. The molecule has 4 nitrogen and oxygen atoms in total. The van der Waals surface area contributed by atoms with Gasteiger partial charge < -0.3 is 5.11 Å². The van der Waals surface area contributed by atoms with Gasteiger partial charge in [-0.05, 0) is 31.0 Å². The van der Waals surface area contributed by atoms with Crippen LogP contribution in [0.5, 0.6) is 0 Å². The number of rotatable bonds is 5. The summed E-state index contributed by atoms with van der Waals surface area (Å²) in [6, 6.07) is 4.91. The van der Waals surface area contributed by atoms with Crippen LogP contribution in [0.4, 0.5) is 4.39 Å².